The van der Waals surface area contributed by atoms with Gasteiger partial charge in [-0.25, -0.2) is 4.79 Å². The molecule has 0 saturated heterocycles. The summed E-state index contributed by atoms with van der Waals surface area (Å²) in [5, 5.41) is 6.11. The number of nitrogens with two attached hydrogens (primary N) is 1. The quantitative estimate of drug-likeness (QED) is 0.738. The number of carbonyl (C=O) groups excluding carboxylic acids is 1. The van der Waals surface area contributed by atoms with Crippen LogP contribution in [0.15, 0.2) is 18.2 Å². The zero-order valence-corrected chi connectivity index (χ0v) is 12.3. The van der Waals surface area contributed by atoms with Crippen molar-refractivity contribution in [3.63, 3.8) is 0 Å². The third-order valence-electron chi connectivity index (χ3n) is 3.16. The standard InChI is InChI=1S/C15H23N3O2/c1-15(2,3)20-14(19)18-11-7-8-12(16)13(9-11)17-10-5-4-6-10/h7-10,17H,4-6,16H2,1-3H3,(H,18,19). The SMILES string of the molecule is CC(C)(C)OC(=O)Nc1ccc(N)c(NC2CCC2)c1. The maximum absolute atomic E-state index is 11.7. The van der Waals surface area contributed by atoms with Gasteiger partial charge in [-0.1, -0.05) is 0 Å². The molecule has 0 unspecified atom stereocenters. The number of nitrogen functional groups attached to an aromatic ring is 1. The predicted octanol–water partition coefficient (Wildman–Crippen LogP) is 3.58. The molecule has 1 aromatic rings. The second-order valence-corrected chi connectivity index (χ2v) is 6.20. The number of benzene rings is 1. The Labute approximate surface area is 119 Å². The van der Waals surface area contributed by atoms with Crippen LogP contribution in [-0.2, 0) is 4.74 Å². The molecule has 0 spiro atoms. The van der Waals surface area contributed by atoms with Crippen molar-refractivity contribution in [1.82, 2.24) is 0 Å². The van der Waals surface area contributed by atoms with E-state index in [1.165, 1.54) is 19.3 Å². The van der Waals surface area contributed by atoms with Crippen molar-refractivity contribution < 1.29 is 9.53 Å². The van der Waals surface area contributed by atoms with Gasteiger partial charge in [0.2, 0.25) is 0 Å². The van der Waals surface area contributed by atoms with E-state index >= 15 is 0 Å². The maximum atomic E-state index is 11.7. The number of hydrogen-bond acceptors (Lipinski definition) is 4. The molecule has 1 aliphatic rings. The lowest BCUT2D eigenvalue weighted by molar-refractivity contribution is 0.0636. The Morgan fingerprint density at radius 3 is 2.60 bits per heavy atom. The summed E-state index contributed by atoms with van der Waals surface area (Å²) in [6, 6.07) is 5.89. The second-order valence-electron chi connectivity index (χ2n) is 6.20. The Kier molecular flexibility index (Phi) is 4.06. The van der Waals surface area contributed by atoms with E-state index in [1.54, 1.807) is 12.1 Å². The smallest absolute Gasteiger partial charge is 0.412 e. The van der Waals surface area contributed by atoms with Crippen LogP contribution in [0.25, 0.3) is 0 Å². The minimum Gasteiger partial charge on any atom is -0.444 e. The molecule has 0 aromatic heterocycles. The van der Waals surface area contributed by atoms with Gasteiger partial charge in [0, 0.05) is 11.7 Å². The lowest BCUT2D eigenvalue weighted by Gasteiger charge is -2.28. The maximum Gasteiger partial charge on any atom is 0.412 e. The summed E-state index contributed by atoms with van der Waals surface area (Å²) in [6.45, 7) is 5.50. The summed E-state index contributed by atoms with van der Waals surface area (Å²) in [6.07, 6.45) is 3.14. The first-order valence-corrected chi connectivity index (χ1v) is 6.99. The molecule has 110 valence electrons. The highest BCUT2D eigenvalue weighted by Crippen LogP contribution is 2.29. The van der Waals surface area contributed by atoms with E-state index in [4.69, 9.17) is 10.5 Å². The van der Waals surface area contributed by atoms with E-state index in [9.17, 15) is 4.79 Å². The van der Waals surface area contributed by atoms with Crippen LogP contribution in [0.5, 0.6) is 0 Å². The highest BCUT2D eigenvalue weighted by molar-refractivity contribution is 5.87. The molecule has 20 heavy (non-hydrogen) atoms. The van der Waals surface area contributed by atoms with Crippen LogP contribution in [0.4, 0.5) is 21.9 Å². The Balaban J connectivity index is 2.01. The van der Waals surface area contributed by atoms with Crippen molar-refractivity contribution in [3.8, 4) is 0 Å². The van der Waals surface area contributed by atoms with Crippen molar-refractivity contribution in [2.24, 2.45) is 0 Å². The van der Waals surface area contributed by atoms with Gasteiger partial charge in [0.15, 0.2) is 0 Å². The minimum atomic E-state index is -0.509. The molecule has 0 bridgehead atoms. The number of nitrogens with one attached hydrogen (secondary N) is 2. The van der Waals surface area contributed by atoms with E-state index in [2.05, 4.69) is 10.6 Å². The molecule has 1 amide bonds. The number of amides is 1. The van der Waals surface area contributed by atoms with Crippen LogP contribution in [-0.4, -0.2) is 17.7 Å². The Morgan fingerprint density at radius 2 is 2.05 bits per heavy atom. The van der Waals surface area contributed by atoms with Gasteiger partial charge in [0.05, 0.1) is 11.4 Å². The van der Waals surface area contributed by atoms with Crippen molar-refractivity contribution in [2.75, 3.05) is 16.4 Å². The molecule has 1 saturated carbocycles. The first-order valence-electron chi connectivity index (χ1n) is 6.99. The molecular weight excluding hydrogens is 254 g/mol. The molecule has 0 aliphatic heterocycles. The molecule has 0 atom stereocenters. The highest BCUT2D eigenvalue weighted by atomic mass is 16.6. The third-order valence-corrected chi connectivity index (χ3v) is 3.16. The van der Waals surface area contributed by atoms with E-state index in [1.807, 2.05) is 26.8 Å². The fraction of sp³-hybridized carbons (Fsp3) is 0.533. The fourth-order valence-electron chi connectivity index (χ4n) is 1.95. The Morgan fingerprint density at radius 1 is 1.35 bits per heavy atom. The van der Waals surface area contributed by atoms with Crippen LogP contribution >= 0.6 is 0 Å². The van der Waals surface area contributed by atoms with Crippen LogP contribution < -0.4 is 16.4 Å². The number of carbonyl (C=O) groups is 1. The van der Waals surface area contributed by atoms with Gasteiger partial charge >= 0.3 is 6.09 Å². The number of anilines is 3. The van der Waals surface area contributed by atoms with E-state index in [0.29, 0.717) is 17.4 Å². The molecule has 1 fully saturated rings. The molecule has 4 N–H and O–H groups in total. The normalized spacial score (nSPS) is 15.3. The zero-order chi connectivity index (χ0) is 14.8. The topological polar surface area (TPSA) is 76.4 Å². The van der Waals surface area contributed by atoms with Gasteiger partial charge in [-0.15, -0.1) is 0 Å². The molecule has 2 rings (SSSR count). The van der Waals surface area contributed by atoms with Gasteiger partial charge < -0.3 is 15.8 Å². The van der Waals surface area contributed by atoms with Gasteiger partial charge in [0.25, 0.3) is 0 Å². The van der Waals surface area contributed by atoms with Crippen molar-refractivity contribution in [2.45, 2.75) is 51.7 Å². The average Bonchev–Trinajstić information content (AvgIpc) is 2.24. The summed E-state index contributed by atoms with van der Waals surface area (Å²) in [5.41, 5.74) is 7.66. The first kappa shape index (κ1) is 14.5. The number of rotatable bonds is 3. The van der Waals surface area contributed by atoms with Crippen molar-refractivity contribution in [3.05, 3.63) is 18.2 Å². The summed E-state index contributed by atoms with van der Waals surface area (Å²) in [5.74, 6) is 0. The lowest BCUT2D eigenvalue weighted by Crippen LogP contribution is -2.28. The van der Waals surface area contributed by atoms with E-state index in [0.717, 1.165) is 5.69 Å². The molecule has 1 aromatic carbocycles. The first-order chi connectivity index (χ1) is 9.33. The molecule has 0 heterocycles. The molecular formula is C15H23N3O2. The van der Waals surface area contributed by atoms with Gasteiger partial charge in [-0.05, 0) is 58.2 Å². The summed E-state index contributed by atoms with van der Waals surface area (Å²) in [4.78, 5) is 11.7. The zero-order valence-electron chi connectivity index (χ0n) is 12.3. The average molecular weight is 277 g/mol. The van der Waals surface area contributed by atoms with Crippen LogP contribution in [0, 0.1) is 0 Å². The second kappa shape index (κ2) is 5.61. The van der Waals surface area contributed by atoms with Crippen molar-refractivity contribution >= 4 is 23.2 Å². The van der Waals surface area contributed by atoms with E-state index < -0.39 is 11.7 Å². The number of ether oxygens (including phenoxy) is 1. The highest BCUT2D eigenvalue weighted by Gasteiger charge is 2.19. The van der Waals surface area contributed by atoms with Crippen LogP contribution in [0.2, 0.25) is 0 Å². The summed E-state index contributed by atoms with van der Waals surface area (Å²) >= 11 is 0. The molecule has 1 aliphatic carbocycles. The summed E-state index contributed by atoms with van der Waals surface area (Å²) in [7, 11) is 0. The largest absolute Gasteiger partial charge is 0.444 e. The van der Waals surface area contributed by atoms with Gasteiger partial charge in [-0.3, -0.25) is 5.32 Å². The van der Waals surface area contributed by atoms with E-state index in [-0.39, 0.29) is 0 Å². The third kappa shape index (κ3) is 4.05. The molecule has 5 nitrogen and oxygen atoms in total. The van der Waals surface area contributed by atoms with Gasteiger partial charge in [0.1, 0.15) is 5.60 Å². The monoisotopic (exact) mass is 277 g/mol. The minimum absolute atomic E-state index is 0.461. The van der Waals surface area contributed by atoms with Gasteiger partial charge in [-0.2, -0.15) is 0 Å². The summed E-state index contributed by atoms with van der Waals surface area (Å²) < 4.78 is 5.22. The predicted molar refractivity (Wildman–Crippen MR) is 82.0 cm³/mol. The Hall–Kier alpha value is -1.91. The molecule has 0 radical (unpaired) electrons. The van der Waals surface area contributed by atoms with Crippen LogP contribution in [0.3, 0.4) is 0 Å². The Bertz CT molecular complexity index is 490. The van der Waals surface area contributed by atoms with Crippen molar-refractivity contribution in [1.29, 1.82) is 0 Å². The lowest BCUT2D eigenvalue weighted by atomic mass is 9.93. The number of hydrogen-bond donors (Lipinski definition) is 3. The fourth-order valence-corrected chi connectivity index (χ4v) is 1.95. The van der Waals surface area contributed by atoms with Crippen LogP contribution in [0.1, 0.15) is 40.0 Å². The molecule has 5 heteroatoms.